The molecule has 0 fully saturated rings. The summed E-state index contributed by atoms with van der Waals surface area (Å²) in [5, 5.41) is 9.38. The lowest BCUT2D eigenvalue weighted by Gasteiger charge is -2.20. The predicted octanol–water partition coefficient (Wildman–Crippen LogP) is 4.00. The Morgan fingerprint density at radius 1 is 1.00 bits per heavy atom. The van der Waals surface area contributed by atoms with E-state index in [0.717, 1.165) is 6.07 Å². The van der Waals surface area contributed by atoms with E-state index < -0.39 is 30.1 Å². The van der Waals surface area contributed by atoms with E-state index in [0.29, 0.717) is 5.75 Å². The Kier molecular flexibility index (Phi) is 5.03. The van der Waals surface area contributed by atoms with Crippen LogP contribution in [0.3, 0.4) is 0 Å². The van der Waals surface area contributed by atoms with Crippen LogP contribution in [-0.4, -0.2) is 18.3 Å². The van der Waals surface area contributed by atoms with Gasteiger partial charge in [0.1, 0.15) is 11.6 Å². The molecule has 118 valence electrons. The summed E-state index contributed by atoms with van der Waals surface area (Å²) in [7, 11) is 0. The number of halogens is 4. The summed E-state index contributed by atoms with van der Waals surface area (Å²) in [6.07, 6.45) is -4.50. The lowest BCUT2D eigenvalue weighted by Crippen LogP contribution is -2.19. The molecule has 1 N–H and O–H groups in total. The molecule has 2 nitrogen and oxygen atoms in total. The van der Waals surface area contributed by atoms with Crippen LogP contribution in [0.2, 0.25) is 0 Å². The van der Waals surface area contributed by atoms with Gasteiger partial charge in [-0.2, -0.15) is 13.2 Å². The van der Waals surface area contributed by atoms with Crippen molar-refractivity contribution >= 4 is 0 Å². The molecule has 0 aliphatic rings. The molecule has 0 heterocycles. The number of alkyl halides is 3. The highest BCUT2D eigenvalue weighted by Crippen LogP contribution is 2.35. The van der Waals surface area contributed by atoms with Crippen LogP contribution in [0.4, 0.5) is 17.6 Å². The minimum atomic E-state index is -4.50. The standard InChI is InChI=1S/C16H14F4O2/c17-12-5-7-13(8-6-12)22-10-11(9-21)14-3-1-2-4-15(14)16(18,19)20/h1-8,11,21H,9-10H2. The van der Waals surface area contributed by atoms with E-state index in [-0.39, 0.29) is 12.2 Å². The van der Waals surface area contributed by atoms with Crippen molar-refractivity contribution in [2.75, 3.05) is 13.2 Å². The van der Waals surface area contributed by atoms with Gasteiger partial charge >= 0.3 is 6.18 Å². The van der Waals surface area contributed by atoms with E-state index in [2.05, 4.69) is 0 Å². The summed E-state index contributed by atoms with van der Waals surface area (Å²) >= 11 is 0. The Balaban J connectivity index is 2.17. The van der Waals surface area contributed by atoms with Crippen LogP contribution < -0.4 is 4.74 Å². The van der Waals surface area contributed by atoms with E-state index in [1.165, 1.54) is 42.5 Å². The molecule has 0 aromatic heterocycles. The molecule has 0 aliphatic carbocycles. The number of benzene rings is 2. The Morgan fingerprint density at radius 2 is 1.64 bits per heavy atom. The first kappa shape index (κ1) is 16.3. The molecule has 22 heavy (non-hydrogen) atoms. The Morgan fingerprint density at radius 3 is 2.23 bits per heavy atom. The number of ether oxygens (including phenoxy) is 1. The highest BCUT2D eigenvalue weighted by molar-refractivity contribution is 5.33. The summed E-state index contributed by atoms with van der Waals surface area (Å²) in [5.41, 5.74) is -0.823. The van der Waals surface area contributed by atoms with Gasteiger partial charge in [0.2, 0.25) is 0 Å². The number of hydrogen-bond donors (Lipinski definition) is 1. The van der Waals surface area contributed by atoms with Gasteiger partial charge in [-0.1, -0.05) is 18.2 Å². The van der Waals surface area contributed by atoms with Crippen molar-refractivity contribution in [2.45, 2.75) is 12.1 Å². The molecule has 0 bridgehead atoms. The zero-order chi connectivity index (χ0) is 16.2. The third kappa shape index (κ3) is 3.98. The second kappa shape index (κ2) is 6.79. The van der Waals surface area contributed by atoms with Crippen molar-refractivity contribution in [3.05, 3.63) is 65.5 Å². The van der Waals surface area contributed by atoms with E-state index >= 15 is 0 Å². The van der Waals surface area contributed by atoms with E-state index in [1.807, 2.05) is 0 Å². The normalized spacial score (nSPS) is 13.0. The van der Waals surface area contributed by atoms with Crippen molar-refractivity contribution in [1.82, 2.24) is 0 Å². The van der Waals surface area contributed by atoms with Gasteiger partial charge in [0.25, 0.3) is 0 Å². The van der Waals surface area contributed by atoms with Crippen molar-refractivity contribution < 1.29 is 27.4 Å². The van der Waals surface area contributed by atoms with Crippen molar-refractivity contribution in [2.24, 2.45) is 0 Å². The van der Waals surface area contributed by atoms with Crippen LogP contribution in [0.1, 0.15) is 17.0 Å². The molecule has 2 aromatic rings. The number of aliphatic hydroxyl groups is 1. The van der Waals surface area contributed by atoms with Crippen molar-refractivity contribution in [3.63, 3.8) is 0 Å². The molecule has 2 rings (SSSR count). The molecule has 1 unspecified atom stereocenters. The lowest BCUT2D eigenvalue weighted by atomic mass is 9.95. The van der Waals surface area contributed by atoms with E-state index in [9.17, 15) is 22.7 Å². The zero-order valence-corrected chi connectivity index (χ0v) is 11.5. The zero-order valence-electron chi connectivity index (χ0n) is 11.5. The second-order valence-electron chi connectivity index (χ2n) is 4.73. The van der Waals surface area contributed by atoms with Gasteiger partial charge in [0.05, 0.1) is 18.8 Å². The average molecular weight is 314 g/mol. The van der Waals surface area contributed by atoms with Gasteiger partial charge in [0, 0.05) is 5.92 Å². The minimum Gasteiger partial charge on any atom is -0.493 e. The van der Waals surface area contributed by atoms with Gasteiger partial charge in [-0.05, 0) is 35.9 Å². The summed E-state index contributed by atoms with van der Waals surface area (Å²) < 4.78 is 57.1. The smallest absolute Gasteiger partial charge is 0.416 e. The maximum Gasteiger partial charge on any atom is 0.416 e. The summed E-state index contributed by atoms with van der Waals surface area (Å²) in [5.74, 6) is -0.944. The fourth-order valence-electron chi connectivity index (χ4n) is 2.08. The van der Waals surface area contributed by atoms with E-state index in [4.69, 9.17) is 4.74 Å². The number of aliphatic hydroxyl groups excluding tert-OH is 1. The van der Waals surface area contributed by atoms with Gasteiger partial charge in [-0.3, -0.25) is 0 Å². The monoisotopic (exact) mass is 314 g/mol. The van der Waals surface area contributed by atoms with Gasteiger partial charge < -0.3 is 9.84 Å². The molecule has 1 atom stereocenters. The second-order valence-corrected chi connectivity index (χ2v) is 4.73. The molecular formula is C16H14F4O2. The number of rotatable bonds is 5. The fraction of sp³-hybridized carbons (Fsp3) is 0.250. The molecular weight excluding hydrogens is 300 g/mol. The van der Waals surface area contributed by atoms with Gasteiger partial charge in [-0.15, -0.1) is 0 Å². The lowest BCUT2D eigenvalue weighted by molar-refractivity contribution is -0.138. The first-order valence-electron chi connectivity index (χ1n) is 6.57. The van der Waals surface area contributed by atoms with Crippen LogP contribution >= 0.6 is 0 Å². The van der Waals surface area contributed by atoms with Gasteiger partial charge in [-0.25, -0.2) is 4.39 Å². The molecule has 0 spiro atoms. The average Bonchev–Trinajstić information content (AvgIpc) is 2.49. The number of hydrogen-bond acceptors (Lipinski definition) is 2. The molecule has 0 aliphatic heterocycles. The Labute approximate surface area is 125 Å². The topological polar surface area (TPSA) is 29.5 Å². The first-order chi connectivity index (χ1) is 10.4. The maximum atomic E-state index is 13.0. The van der Waals surface area contributed by atoms with Crippen LogP contribution in [0.25, 0.3) is 0 Å². The van der Waals surface area contributed by atoms with Crippen LogP contribution in [0.15, 0.2) is 48.5 Å². The molecule has 2 aromatic carbocycles. The summed E-state index contributed by atoms with van der Waals surface area (Å²) in [6, 6.07) is 10.2. The molecule has 0 radical (unpaired) electrons. The highest BCUT2D eigenvalue weighted by Gasteiger charge is 2.34. The first-order valence-corrected chi connectivity index (χ1v) is 6.57. The third-order valence-corrected chi connectivity index (χ3v) is 3.19. The quantitative estimate of drug-likeness (QED) is 0.845. The SMILES string of the molecule is OCC(COc1ccc(F)cc1)c1ccccc1C(F)(F)F. The Hall–Kier alpha value is -2.08. The molecule has 6 heteroatoms. The van der Waals surface area contributed by atoms with Crippen LogP contribution in [0, 0.1) is 5.82 Å². The predicted molar refractivity (Wildman–Crippen MR) is 73.2 cm³/mol. The van der Waals surface area contributed by atoms with E-state index in [1.54, 1.807) is 0 Å². The van der Waals surface area contributed by atoms with Crippen LogP contribution in [-0.2, 0) is 6.18 Å². The maximum absolute atomic E-state index is 13.0. The summed E-state index contributed by atoms with van der Waals surface area (Å²) in [4.78, 5) is 0. The molecule has 0 saturated carbocycles. The molecule has 0 amide bonds. The largest absolute Gasteiger partial charge is 0.493 e. The van der Waals surface area contributed by atoms with Gasteiger partial charge in [0.15, 0.2) is 0 Å². The minimum absolute atomic E-state index is 0.0281. The third-order valence-electron chi connectivity index (χ3n) is 3.19. The summed E-state index contributed by atoms with van der Waals surface area (Å²) in [6.45, 7) is -0.635. The fourth-order valence-corrected chi connectivity index (χ4v) is 2.08. The van der Waals surface area contributed by atoms with Crippen molar-refractivity contribution in [1.29, 1.82) is 0 Å². The van der Waals surface area contributed by atoms with Crippen LogP contribution in [0.5, 0.6) is 5.75 Å². The molecule has 0 saturated heterocycles. The highest BCUT2D eigenvalue weighted by atomic mass is 19.4. The Bertz CT molecular complexity index is 608. The van der Waals surface area contributed by atoms with Crippen molar-refractivity contribution in [3.8, 4) is 5.75 Å².